The Morgan fingerprint density at radius 3 is 2.12 bits per heavy atom. The number of ether oxygens (including phenoxy) is 1. The summed E-state index contributed by atoms with van der Waals surface area (Å²) >= 11 is 14.3. The summed E-state index contributed by atoms with van der Waals surface area (Å²) in [5, 5.41) is 11.1. The summed E-state index contributed by atoms with van der Waals surface area (Å²) in [5.74, 6) is 2.18. The van der Waals surface area contributed by atoms with E-state index < -0.39 is 0 Å². The Labute approximate surface area is 215 Å². The normalized spacial score (nSPS) is 11.6. The van der Waals surface area contributed by atoms with Gasteiger partial charge in [-0.1, -0.05) is 86.1 Å². The fourth-order valence-electron chi connectivity index (χ4n) is 3.57. The zero-order valence-corrected chi connectivity index (χ0v) is 22.0. The van der Waals surface area contributed by atoms with Crippen LogP contribution in [-0.2, 0) is 11.2 Å². The van der Waals surface area contributed by atoms with E-state index in [4.69, 9.17) is 27.9 Å². The second-order valence-corrected chi connectivity index (χ2v) is 10.6. The summed E-state index contributed by atoms with van der Waals surface area (Å²) in [6.07, 6.45) is 0. The predicted octanol–water partition coefficient (Wildman–Crippen LogP) is 8.23. The van der Waals surface area contributed by atoms with Crippen molar-refractivity contribution in [2.24, 2.45) is 0 Å². The van der Waals surface area contributed by atoms with Crippen molar-refractivity contribution in [3.05, 3.63) is 87.9 Å². The number of halogens is 2. The molecule has 1 heterocycles. The Balaban J connectivity index is 1.74. The molecule has 176 valence electrons. The third-order valence-electron chi connectivity index (χ3n) is 5.46. The van der Waals surface area contributed by atoms with Gasteiger partial charge in [-0.2, -0.15) is 0 Å². The average Bonchev–Trinajstić information content (AvgIpc) is 3.23. The van der Waals surface area contributed by atoms with Crippen LogP contribution in [0.2, 0.25) is 10.0 Å². The molecule has 4 nitrogen and oxygen atoms in total. The summed E-state index contributed by atoms with van der Waals surface area (Å²) < 4.78 is 7.69. The molecule has 4 rings (SSSR count). The van der Waals surface area contributed by atoms with E-state index in [-0.39, 0.29) is 5.41 Å². The van der Waals surface area contributed by atoms with Crippen molar-refractivity contribution in [3.8, 4) is 22.8 Å². The van der Waals surface area contributed by atoms with E-state index in [0.717, 1.165) is 33.5 Å². The molecule has 0 N–H and O–H groups in total. The highest BCUT2D eigenvalue weighted by Gasteiger charge is 2.19. The lowest BCUT2D eigenvalue weighted by Crippen LogP contribution is -2.10. The maximum atomic E-state index is 6.40. The zero-order chi connectivity index (χ0) is 24.3. The number of hydrogen-bond acceptors (Lipinski definition) is 4. The van der Waals surface area contributed by atoms with Crippen LogP contribution in [0.5, 0.6) is 5.75 Å². The van der Waals surface area contributed by atoms with Gasteiger partial charge in [0, 0.05) is 27.0 Å². The molecule has 34 heavy (non-hydrogen) atoms. The van der Waals surface area contributed by atoms with Crippen LogP contribution in [-0.4, -0.2) is 21.4 Å². The lowest BCUT2D eigenvalue weighted by atomic mass is 9.87. The fraction of sp³-hybridized carbons (Fsp3) is 0.259. The third kappa shape index (κ3) is 5.43. The van der Waals surface area contributed by atoms with Crippen molar-refractivity contribution in [2.45, 2.75) is 44.0 Å². The molecule has 7 heteroatoms. The quantitative estimate of drug-likeness (QED) is 0.234. The second kappa shape index (κ2) is 10.4. The van der Waals surface area contributed by atoms with Crippen LogP contribution in [0.25, 0.3) is 17.1 Å². The topological polar surface area (TPSA) is 39.9 Å². The van der Waals surface area contributed by atoms with Crippen molar-refractivity contribution in [3.63, 3.8) is 0 Å². The van der Waals surface area contributed by atoms with E-state index in [1.165, 1.54) is 5.56 Å². The van der Waals surface area contributed by atoms with Crippen molar-refractivity contribution >= 4 is 35.0 Å². The van der Waals surface area contributed by atoms with Gasteiger partial charge in [0.25, 0.3) is 0 Å². The number of hydrogen-bond donors (Lipinski definition) is 0. The van der Waals surface area contributed by atoms with Gasteiger partial charge < -0.3 is 4.74 Å². The monoisotopic (exact) mass is 511 g/mol. The van der Waals surface area contributed by atoms with Crippen LogP contribution in [0.1, 0.15) is 38.8 Å². The van der Waals surface area contributed by atoms with E-state index in [1.807, 2.05) is 49.4 Å². The van der Waals surface area contributed by atoms with Gasteiger partial charge in [-0.25, -0.2) is 0 Å². The minimum Gasteiger partial charge on any atom is -0.494 e. The molecule has 0 radical (unpaired) electrons. The first-order chi connectivity index (χ1) is 16.3. The summed E-state index contributed by atoms with van der Waals surface area (Å²) in [4.78, 5) is 0. The SMILES string of the molecule is CCOc1ccc(-n2c(SCc3c(Cl)cccc3Cl)nnc2-c2ccc(C(C)(C)C)cc2)cc1. The summed E-state index contributed by atoms with van der Waals surface area (Å²) in [6.45, 7) is 9.22. The van der Waals surface area contributed by atoms with Gasteiger partial charge in [-0.05, 0) is 59.9 Å². The van der Waals surface area contributed by atoms with Gasteiger partial charge in [0.05, 0.1) is 6.61 Å². The van der Waals surface area contributed by atoms with Gasteiger partial charge in [-0.3, -0.25) is 4.57 Å². The molecule has 0 unspecified atom stereocenters. The maximum Gasteiger partial charge on any atom is 0.196 e. The Morgan fingerprint density at radius 2 is 1.53 bits per heavy atom. The van der Waals surface area contributed by atoms with E-state index in [0.29, 0.717) is 22.4 Å². The molecule has 4 aromatic rings. The van der Waals surface area contributed by atoms with Crippen molar-refractivity contribution < 1.29 is 4.74 Å². The molecule has 3 aromatic carbocycles. The fourth-order valence-corrected chi connectivity index (χ4v) is 5.26. The number of aromatic nitrogens is 3. The molecular weight excluding hydrogens is 485 g/mol. The first-order valence-electron chi connectivity index (χ1n) is 11.1. The molecule has 0 aliphatic heterocycles. The molecular formula is C27H27Cl2N3OS. The van der Waals surface area contributed by atoms with Crippen molar-refractivity contribution in [1.82, 2.24) is 14.8 Å². The van der Waals surface area contributed by atoms with E-state index in [9.17, 15) is 0 Å². The lowest BCUT2D eigenvalue weighted by molar-refractivity contribution is 0.340. The minimum absolute atomic E-state index is 0.0799. The van der Waals surface area contributed by atoms with E-state index >= 15 is 0 Å². The molecule has 0 aliphatic carbocycles. The Morgan fingerprint density at radius 1 is 0.882 bits per heavy atom. The first-order valence-corrected chi connectivity index (χ1v) is 12.9. The highest BCUT2D eigenvalue weighted by Crippen LogP contribution is 2.35. The molecule has 0 spiro atoms. The van der Waals surface area contributed by atoms with Gasteiger partial charge in [-0.15, -0.1) is 10.2 Å². The maximum absolute atomic E-state index is 6.40. The third-order valence-corrected chi connectivity index (χ3v) is 7.12. The molecule has 0 bridgehead atoms. The van der Waals surface area contributed by atoms with E-state index in [1.54, 1.807) is 11.8 Å². The highest BCUT2D eigenvalue weighted by molar-refractivity contribution is 7.98. The molecule has 0 amide bonds. The zero-order valence-electron chi connectivity index (χ0n) is 19.7. The number of rotatable bonds is 7. The van der Waals surface area contributed by atoms with Crippen LogP contribution in [0, 0.1) is 0 Å². The minimum atomic E-state index is 0.0799. The number of thioether (sulfide) groups is 1. The van der Waals surface area contributed by atoms with Crippen LogP contribution in [0.15, 0.2) is 71.9 Å². The second-order valence-electron chi connectivity index (χ2n) is 8.88. The Kier molecular flexibility index (Phi) is 7.56. The van der Waals surface area contributed by atoms with Crippen LogP contribution < -0.4 is 4.74 Å². The predicted molar refractivity (Wildman–Crippen MR) is 143 cm³/mol. The first kappa shape index (κ1) is 24.6. The standard InChI is InChI=1S/C27H27Cl2N3OS/c1-5-33-21-15-13-20(14-16-21)32-25(18-9-11-19(12-10-18)27(2,3)4)30-31-26(32)34-17-22-23(28)7-6-8-24(22)29/h6-16H,5,17H2,1-4H3. The lowest BCUT2D eigenvalue weighted by Gasteiger charge is -2.19. The Hall–Kier alpha value is -2.47. The number of nitrogens with zero attached hydrogens (tertiary/aromatic N) is 3. The van der Waals surface area contributed by atoms with Gasteiger partial charge in [0.2, 0.25) is 0 Å². The molecule has 0 aliphatic rings. The van der Waals surface area contributed by atoms with Gasteiger partial charge in [0.15, 0.2) is 11.0 Å². The molecule has 0 fully saturated rings. The summed E-state index contributed by atoms with van der Waals surface area (Å²) in [7, 11) is 0. The Bertz CT molecular complexity index is 1240. The summed E-state index contributed by atoms with van der Waals surface area (Å²) in [5.41, 5.74) is 4.18. The van der Waals surface area contributed by atoms with E-state index in [2.05, 4.69) is 59.8 Å². The molecule has 0 atom stereocenters. The van der Waals surface area contributed by atoms with Crippen molar-refractivity contribution in [1.29, 1.82) is 0 Å². The largest absolute Gasteiger partial charge is 0.494 e. The van der Waals surface area contributed by atoms with Gasteiger partial charge in [0.1, 0.15) is 5.75 Å². The smallest absolute Gasteiger partial charge is 0.196 e. The van der Waals surface area contributed by atoms with Gasteiger partial charge >= 0.3 is 0 Å². The highest BCUT2D eigenvalue weighted by atomic mass is 35.5. The molecule has 1 aromatic heterocycles. The molecule has 0 saturated carbocycles. The van der Waals surface area contributed by atoms with Crippen LogP contribution in [0.3, 0.4) is 0 Å². The van der Waals surface area contributed by atoms with Crippen molar-refractivity contribution in [2.75, 3.05) is 6.61 Å². The number of benzene rings is 3. The van der Waals surface area contributed by atoms with Crippen LogP contribution >= 0.6 is 35.0 Å². The summed E-state index contributed by atoms with van der Waals surface area (Å²) in [6, 6.07) is 22.0. The molecule has 0 saturated heterocycles. The average molecular weight is 513 g/mol. The van der Waals surface area contributed by atoms with Crippen LogP contribution in [0.4, 0.5) is 0 Å².